The monoisotopic (exact) mass is 303 g/mol. The third-order valence-electron chi connectivity index (χ3n) is 4.40. The highest BCUT2D eigenvalue weighted by Crippen LogP contribution is 2.25. The Hall–Kier alpha value is -1.76. The van der Waals surface area contributed by atoms with Crippen LogP contribution in [0, 0.1) is 0 Å². The summed E-state index contributed by atoms with van der Waals surface area (Å²) in [6.07, 6.45) is 0.258. The summed E-state index contributed by atoms with van der Waals surface area (Å²) < 4.78 is 0. The SMILES string of the molecule is O=C1CC(N2CCN(CCO)CC2)C(=O)N1c1ccccc1. The van der Waals surface area contributed by atoms with Crippen LogP contribution in [0.2, 0.25) is 0 Å². The van der Waals surface area contributed by atoms with Crippen LogP contribution in [0.3, 0.4) is 0 Å². The van der Waals surface area contributed by atoms with Crippen LogP contribution in [0.25, 0.3) is 0 Å². The third-order valence-corrected chi connectivity index (χ3v) is 4.40. The van der Waals surface area contributed by atoms with Crippen LogP contribution in [-0.4, -0.2) is 72.1 Å². The van der Waals surface area contributed by atoms with Gasteiger partial charge in [-0.2, -0.15) is 0 Å². The molecule has 6 nitrogen and oxygen atoms in total. The van der Waals surface area contributed by atoms with Crippen LogP contribution < -0.4 is 4.90 Å². The van der Waals surface area contributed by atoms with Crippen molar-refractivity contribution in [2.75, 3.05) is 44.2 Å². The van der Waals surface area contributed by atoms with E-state index in [4.69, 9.17) is 5.11 Å². The molecule has 0 spiro atoms. The number of amides is 2. The fraction of sp³-hybridized carbons (Fsp3) is 0.500. The molecule has 1 aromatic rings. The summed E-state index contributed by atoms with van der Waals surface area (Å²) in [6, 6.07) is 8.76. The van der Waals surface area contributed by atoms with Gasteiger partial charge in [-0.3, -0.25) is 19.4 Å². The van der Waals surface area contributed by atoms with Crippen molar-refractivity contribution in [1.82, 2.24) is 9.80 Å². The van der Waals surface area contributed by atoms with E-state index in [2.05, 4.69) is 9.80 Å². The number of anilines is 1. The van der Waals surface area contributed by atoms with Gasteiger partial charge in [0.1, 0.15) is 0 Å². The molecule has 118 valence electrons. The van der Waals surface area contributed by atoms with E-state index < -0.39 is 0 Å². The fourth-order valence-corrected chi connectivity index (χ4v) is 3.19. The lowest BCUT2D eigenvalue weighted by atomic mass is 10.1. The first-order valence-corrected chi connectivity index (χ1v) is 7.70. The zero-order valence-electron chi connectivity index (χ0n) is 12.5. The van der Waals surface area contributed by atoms with Crippen molar-refractivity contribution in [3.63, 3.8) is 0 Å². The zero-order valence-corrected chi connectivity index (χ0v) is 12.5. The number of β-amino-alcohol motifs (C(OH)–C–C–N with tert-alkyl or cyclic N) is 1. The molecule has 2 aliphatic heterocycles. The van der Waals surface area contributed by atoms with Gasteiger partial charge in [0, 0.05) is 32.7 Å². The van der Waals surface area contributed by atoms with Gasteiger partial charge in [-0.25, -0.2) is 4.90 Å². The van der Waals surface area contributed by atoms with Gasteiger partial charge in [0.2, 0.25) is 5.91 Å². The molecule has 2 saturated heterocycles. The Kier molecular flexibility index (Phi) is 4.52. The lowest BCUT2D eigenvalue weighted by molar-refractivity contribution is -0.123. The normalized spacial score (nSPS) is 24.2. The van der Waals surface area contributed by atoms with E-state index in [1.807, 2.05) is 18.2 Å². The second-order valence-electron chi connectivity index (χ2n) is 5.72. The van der Waals surface area contributed by atoms with Crippen molar-refractivity contribution in [2.24, 2.45) is 0 Å². The van der Waals surface area contributed by atoms with Gasteiger partial charge in [0.25, 0.3) is 5.91 Å². The van der Waals surface area contributed by atoms with E-state index in [1.54, 1.807) is 12.1 Å². The minimum absolute atomic E-state index is 0.119. The van der Waals surface area contributed by atoms with Gasteiger partial charge in [-0.1, -0.05) is 18.2 Å². The quantitative estimate of drug-likeness (QED) is 0.789. The number of aliphatic hydroxyl groups excluding tert-OH is 1. The first-order chi connectivity index (χ1) is 10.7. The number of para-hydroxylation sites is 1. The summed E-state index contributed by atoms with van der Waals surface area (Å²) in [5.74, 6) is -0.245. The number of benzene rings is 1. The fourth-order valence-electron chi connectivity index (χ4n) is 3.19. The van der Waals surface area contributed by atoms with Gasteiger partial charge in [0.05, 0.1) is 24.8 Å². The number of nitrogens with zero attached hydrogens (tertiary/aromatic N) is 3. The Morgan fingerprint density at radius 2 is 1.73 bits per heavy atom. The molecular formula is C16H21N3O3. The van der Waals surface area contributed by atoms with E-state index >= 15 is 0 Å². The number of rotatable bonds is 4. The second-order valence-corrected chi connectivity index (χ2v) is 5.72. The molecule has 3 rings (SSSR count). The maximum Gasteiger partial charge on any atom is 0.251 e. The third kappa shape index (κ3) is 2.90. The number of piperazine rings is 1. The van der Waals surface area contributed by atoms with Crippen LogP contribution in [0.5, 0.6) is 0 Å². The van der Waals surface area contributed by atoms with Gasteiger partial charge < -0.3 is 5.11 Å². The number of hydrogen-bond acceptors (Lipinski definition) is 5. The molecular weight excluding hydrogens is 282 g/mol. The van der Waals surface area contributed by atoms with Gasteiger partial charge in [-0.15, -0.1) is 0 Å². The molecule has 1 N–H and O–H groups in total. The van der Waals surface area contributed by atoms with E-state index in [1.165, 1.54) is 4.90 Å². The highest BCUT2D eigenvalue weighted by molar-refractivity contribution is 6.22. The van der Waals surface area contributed by atoms with Crippen molar-refractivity contribution < 1.29 is 14.7 Å². The van der Waals surface area contributed by atoms with Gasteiger partial charge in [-0.05, 0) is 12.1 Å². The van der Waals surface area contributed by atoms with E-state index in [9.17, 15) is 9.59 Å². The van der Waals surface area contributed by atoms with Crippen LogP contribution >= 0.6 is 0 Å². The molecule has 0 saturated carbocycles. The molecule has 6 heteroatoms. The molecule has 1 unspecified atom stereocenters. The van der Waals surface area contributed by atoms with Gasteiger partial charge in [0.15, 0.2) is 0 Å². The maximum absolute atomic E-state index is 12.6. The Bertz CT molecular complexity index is 541. The first kappa shape index (κ1) is 15.1. The minimum Gasteiger partial charge on any atom is -0.395 e. The smallest absolute Gasteiger partial charge is 0.251 e. The van der Waals surface area contributed by atoms with Crippen molar-refractivity contribution in [1.29, 1.82) is 0 Å². The molecule has 0 aliphatic carbocycles. The van der Waals surface area contributed by atoms with E-state index in [-0.39, 0.29) is 30.9 Å². The largest absolute Gasteiger partial charge is 0.395 e. The number of carbonyl (C=O) groups excluding carboxylic acids is 2. The highest BCUT2D eigenvalue weighted by Gasteiger charge is 2.43. The maximum atomic E-state index is 12.6. The molecule has 2 aliphatic rings. The summed E-state index contributed by atoms with van der Waals surface area (Å²) in [4.78, 5) is 30.5. The van der Waals surface area contributed by atoms with Crippen molar-refractivity contribution in [3.8, 4) is 0 Å². The van der Waals surface area contributed by atoms with Crippen LogP contribution in [-0.2, 0) is 9.59 Å². The van der Waals surface area contributed by atoms with Crippen molar-refractivity contribution in [3.05, 3.63) is 30.3 Å². The molecule has 1 aromatic carbocycles. The van der Waals surface area contributed by atoms with E-state index in [0.29, 0.717) is 12.2 Å². The standard InChI is InChI=1S/C16H21N3O3/c20-11-10-17-6-8-18(9-7-17)14-12-15(21)19(16(14)22)13-4-2-1-3-5-13/h1-5,14,20H,6-12H2. The molecule has 22 heavy (non-hydrogen) atoms. The summed E-state index contributed by atoms with van der Waals surface area (Å²) in [7, 11) is 0. The Labute approximate surface area is 129 Å². The molecule has 2 fully saturated rings. The summed E-state index contributed by atoms with van der Waals surface area (Å²) in [5, 5.41) is 8.97. The number of aliphatic hydroxyl groups is 1. The van der Waals surface area contributed by atoms with Crippen molar-refractivity contribution in [2.45, 2.75) is 12.5 Å². The van der Waals surface area contributed by atoms with E-state index in [0.717, 1.165) is 26.2 Å². The molecule has 2 heterocycles. The first-order valence-electron chi connectivity index (χ1n) is 7.70. The highest BCUT2D eigenvalue weighted by atomic mass is 16.3. The number of imide groups is 1. The van der Waals surface area contributed by atoms with Gasteiger partial charge >= 0.3 is 0 Å². The molecule has 0 radical (unpaired) electrons. The number of carbonyl (C=O) groups is 2. The topological polar surface area (TPSA) is 64.1 Å². The van der Waals surface area contributed by atoms with Crippen molar-refractivity contribution >= 4 is 17.5 Å². The zero-order chi connectivity index (χ0) is 15.5. The lowest BCUT2D eigenvalue weighted by Crippen LogP contribution is -2.52. The molecule has 0 bridgehead atoms. The summed E-state index contributed by atoms with van der Waals surface area (Å²) in [6.45, 7) is 3.98. The predicted octanol–water partition coefficient (Wildman–Crippen LogP) is -0.0716. The molecule has 0 aromatic heterocycles. The molecule has 2 amide bonds. The second kappa shape index (κ2) is 6.56. The Balaban J connectivity index is 1.67. The Morgan fingerprint density at radius 1 is 1.05 bits per heavy atom. The summed E-state index contributed by atoms with van der Waals surface area (Å²) in [5.41, 5.74) is 0.652. The van der Waals surface area contributed by atoms with Crippen LogP contribution in [0.1, 0.15) is 6.42 Å². The van der Waals surface area contributed by atoms with Crippen LogP contribution in [0.4, 0.5) is 5.69 Å². The Morgan fingerprint density at radius 3 is 2.36 bits per heavy atom. The average Bonchev–Trinajstić information content (AvgIpc) is 2.84. The molecule has 1 atom stereocenters. The van der Waals surface area contributed by atoms with Crippen LogP contribution in [0.15, 0.2) is 30.3 Å². The average molecular weight is 303 g/mol. The lowest BCUT2D eigenvalue weighted by Gasteiger charge is -2.36. The predicted molar refractivity (Wildman–Crippen MR) is 82.4 cm³/mol. The minimum atomic E-state index is -0.344. The number of hydrogen-bond donors (Lipinski definition) is 1. The summed E-state index contributed by atoms with van der Waals surface area (Å²) >= 11 is 0.